The fourth-order valence-corrected chi connectivity index (χ4v) is 5.20. The van der Waals surface area contributed by atoms with Crippen molar-refractivity contribution in [1.29, 1.82) is 0 Å². The van der Waals surface area contributed by atoms with Crippen LogP contribution < -0.4 is 5.63 Å². The van der Waals surface area contributed by atoms with E-state index < -0.39 is 0 Å². The SMILES string of the molecule is Cc1ccc2c(CSc3nc4ccccc4c4nc5ccccc5n34)cc(=O)oc2c1C. The third-order valence-electron chi connectivity index (χ3n) is 5.99. The Morgan fingerprint density at radius 3 is 2.56 bits per heavy atom. The second kappa shape index (κ2) is 7.21. The molecule has 3 aromatic heterocycles. The maximum atomic E-state index is 12.3. The molecule has 0 amide bonds. The maximum absolute atomic E-state index is 12.3. The van der Waals surface area contributed by atoms with Crippen molar-refractivity contribution in [2.24, 2.45) is 0 Å². The van der Waals surface area contributed by atoms with Gasteiger partial charge in [0.15, 0.2) is 5.16 Å². The minimum Gasteiger partial charge on any atom is -0.422 e. The molecule has 0 aliphatic heterocycles. The Bertz CT molecular complexity index is 1730. The molecule has 156 valence electrons. The van der Waals surface area contributed by atoms with Crippen molar-refractivity contribution < 1.29 is 4.42 Å². The Morgan fingerprint density at radius 1 is 0.906 bits per heavy atom. The largest absolute Gasteiger partial charge is 0.422 e. The molecule has 0 bridgehead atoms. The van der Waals surface area contributed by atoms with Gasteiger partial charge in [-0.05, 0) is 54.8 Å². The summed E-state index contributed by atoms with van der Waals surface area (Å²) >= 11 is 1.60. The lowest BCUT2D eigenvalue weighted by Gasteiger charge is -2.11. The van der Waals surface area contributed by atoms with Crippen LogP contribution in [0.1, 0.15) is 16.7 Å². The molecule has 0 saturated carbocycles. The lowest BCUT2D eigenvalue weighted by Crippen LogP contribution is -2.02. The summed E-state index contributed by atoms with van der Waals surface area (Å²) in [5, 5.41) is 2.83. The van der Waals surface area contributed by atoms with Crippen LogP contribution in [0.4, 0.5) is 0 Å². The highest BCUT2D eigenvalue weighted by molar-refractivity contribution is 7.98. The van der Waals surface area contributed by atoms with Crippen LogP contribution in [-0.2, 0) is 5.75 Å². The highest BCUT2D eigenvalue weighted by Gasteiger charge is 2.16. The molecule has 6 heteroatoms. The Balaban J connectivity index is 1.54. The zero-order chi connectivity index (χ0) is 21.8. The molecule has 0 aliphatic carbocycles. The number of hydrogen-bond acceptors (Lipinski definition) is 5. The van der Waals surface area contributed by atoms with E-state index in [-0.39, 0.29) is 5.63 Å². The zero-order valence-electron chi connectivity index (χ0n) is 17.6. The van der Waals surface area contributed by atoms with Gasteiger partial charge in [-0.1, -0.05) is 48.2 Å². The van der Waals surface area contributed by atoms with Gasteiger partial charge < -0.3 is 4.42 Å². The number of imidazole rings is 1. The van der Waals surface area contributed by atoms with E-state index in [0.29, 0.717) is 11.3 Å². The monoisotopic (exact) mass is 437 g/mol. The molecule has 6 rings (SSSR count). The molecule has 0 N–H and O–H groups in total. The lowest BCUT2D eigenvalue weighted by atomic mass is 10.0. The van der Waals surface area contributed by atoms with Crippen molar-refractivity contribution in [1.82, 2.24) is 14.4 Å². The summed E-state index contributed by atoms with van der Waals surface area (Å²) in [6, 6.07) is 21.9. The third-order valence-corrected chi connectivity index (χ3v) is 6.97. The predicted molar refractivity (Wildman–Crippen MR) is 130 cm³/mol. The highest BCUT2D eigenvalue weighted by atomic mass is 32.2. The van der Waals surface area contributed by atoms with Gasteiger partial charge in [-0.15, -0.1) is 0 Å². The molecule has 0 fully saturated rings. The Hall–Kier alpha value is -3.64. The van der Waals surface area contributed by atoms with Crippen LogP contribution in [0.15, 0.2) is 81.1 Å². The van der Waals surface area contributed by atoms with E-state index in [4.69, 9.17) is 14.4 Å². The van der Waals surface area contributed by atoms with Crippen molar-refractivity contribution in [2.45, 2.75) is 24.8 Å². The first-order valence-corrected chi connectivity index (χ1v) is 11.4. The van der Waals surface area contributed by atoms with Gasteiger partial charge in [-0.3, -0.25) is 4.40 Å². The molecule has 5 nitrogen and oxygen atoms in total. The summed E-state index contributed by atoms with van der Waals surface area (Å²) in [4.78, 5) is 22.1. The first kappa shape index (κ1) is 19.1. The van der Waals surface area contributed by atoms with Gasteiger partial charge in [-0.2, -0.15) is 0 Å². The van der Waals surface area contributed by atoms with Crippen LogP contribution in [0.25, 0.3) is 38.6 Å². The van der Waals surface area contributed by atoms with Crippen molar-refractivity contribution in [3.8, 4) is 0 Å². The van der Waals surface area contributed by atoms with Gasteiger partial charge in [0, 0.05) is 22.6 Å². The van der Waals surface area contributed by atoms with Crippen molar-refractivity contribution in [2.75, 3.05) is 0 Å². The fourth-order valence-electron chi connectivity index (χ4n) is 4.20. The molecule has 32 heavy (non-hydrogen) atoms. The van der Waals surface area contributed by atoms with Gasteiger partial charge in [0.25, 0.3) is 0 Å². The molecule has 0 spiro atoms. The summed E-state index contributed by atoms with van der Waals surface area (Å²) in [7, 11) is 0. The van der Waals surface area contributed by atoms with E-state index in [0.717, 1.165) is 54.8 Å². The van der Waals surface area contributed by atoms with Gasteiger partial charge >= 0.3 is 5.63 Å². The number of nitrogens with zero attached hydrogens (tertiary/aromatic N) is 3. The van der Waals surface area contributed by atoms with Crippen LogP contribution in [-0.4, -0.2) is 14.4 Å². The van der Waals surface area contributed by atoms with Gasteiger partial charge in [0.1, 0.15) is 11.2 Å². The van der Waals surface area contributed by atoms with E-state index in [9.17, 15) is 4.79 Å². The maximum Gasteiger partial charge on any atom is 0.336 e. The molecule has 6 aromatic rings. The standard InChI is InChI=1S/C26H19N3O2S/c1-15-11-12-18-17(13-23(30)31-24(18)16(15)2)14-32-26-28-20-8-4-3-7-19(20)25-27-21-9-5-6-10-22(21)29(25)26/h3-13H,14H2,1-2H3. The Morgan fingerprint density at radius 2 is 1.69 bits per heavy atom. The predicted octanol–water partition coefficient (Wildman–Crippen LogP) is 6.05. The molecule has 0 saturated heterocycles. The lowest BCUT2D eigenvalue weighted by molar-refractivity contribution is 0.557. The van der Waals surface area contributed by atoms with Gasteiger partial charge in [-0.25, -0.2) is 14.8 Å². The van der Waals surface area contributed by atoms with Gasteiger partial charge in [0.2, 0.25) is 0 Å². The number of para-hydroxylation sites is 3. The highest BCUT2D eigenvalue weighted by Crippen LogP contribution is 2.32. The minimum absolute atomic E-state index is 0.327. The van der Waals surface area contributed by atoms with Crippen molar-refractivity contribution in [3.05, 3.63) is 93.8 Å². The third kappa shape index (κ3) is 2.91. The normalized spacial score (nSPS) is 11.8. The zero-order valence-corrected chi connectivity index (χ0v) is 18.4. The molecule has 0 atom stereocenters. The van der Waals surface area contributed by atoms with Gasteiger partial charge in [0.05, 0.1) is 16.6 Å². The topological polar surface area (TPSA) is 60.4 Å². The fraction of sp³-hybridized carbons (Fsp3) is 0.115. The summed E-state index contributed by atoms with van der Waals surface area (Å²) in [5.74, 6) is 0.595. The Labute approximate surface area is 187 Å². The summed E-state index contributed by atoms with van der Waals surface area (Å²) < 4.78 is 7.66. The number of benzene rings is 3. The van der Waals surface area contributed by atoms with Crippen LogP contribution >= 0.6 is 11.8 Å². The Kier molecular flexibility index (Phi) is 4.30. The summed E-state index contributed by atoms with van der Waals surface area (Å²) in [6.07, 6.45) is 0. The van der Waals surface area contributed by atoms with Crippen LogP contribution in [0.5, 0.6) is 0 Å². The molecular weight excluding hydrogens is 418 g/mol. The first-order valence-electron chi connectivity index (χ1n) is 10.4. The van der Waals surface area contributed by atoms with Crippen LogP contribution in [0.2, 0.25) is 0 Å². The molecular formula is C26H19N3O2S. The molecule has 0 unspecified atom stereocenters. The van der Waals surface area contributed by atoms with E-state index in [1.54, 1.807) is 17.8 Å². The van der Waals surface area contributed by atoms with E-state index >= 15 is 0 Å². The van der Waals surface area contributed by atoms with Crippen molar-refractivity contribution >= 4 is 50.3 Å². The number of aryl methyl sites for hydroxylation is 2. The molecule has 0 aliphatic rings. The van der Waals surface area contributed by atoms with Crippen LogP contribution in [0, 0.1) is 13.8 Å². The summed E-state index contributed by atoms with van der Waals surface area (Å²) in [6.45, 7) is 4.01. The second-order valence-corrected chi connectivity index (χ2v) is 8.88. The second-order valence-electron chi connectivity index (χ2n) is 7.93. The molecule has 3 aromatic carbocycles. The molecule has 0 radical (unpaired) electrons. The van der Waals surface area contributed by atoms with E-state index in [1.807, 2.05) is 56.3 Å². The molecule has 3 heterocycles. The number of rotatable bonds is 3. The minimum atomic E-state index is -0.327. The average molecular weight is 438 g/mol. The number of aromatic nitrogens is 3. The quantitative estimate of drug-likeness (QED) is 0.192. The van der Waals surface area contributed by atoms with E-state index in [1.165, 1.54) is 0 Å². The number of fused-ring (bicyclic) bond motifs is 6. The smallest absolute Gasteiger partial charge is 0.336 e. The van der Waals surface area contributed by atoms with E-state index in [2.05, 4.69) is 22.6 Å². The average Bonchev–Trinajstić information content (AvgIpc) is 3.20. The number of hydrogen-bond donors (Lipinski definition) is 0. The number of thioether (sulfide) groups is 1. The van der Waals surface area contributed by atoms with Crippen molar-refractivity contribution in [3.63, 3.8) is 0 Å². The van der Waals surface area contributed by atoms with Crippen LogP contribution in [0.3, 0.4) is 0 Å². The first-order chi connectivity index (χ1) is 15.6. The summed E-state index contributed by atoms with van der Waals surface area (Å²) in [5.41, 5.74) is 7.13.